The van der Waals surface area contributed by atoms with Gasteiger partial charge in [0.25, 0.3) is 0 Å². The summed E-state index contributed by atoms with van der Waals surface area (Å²) in [6, 6.07) is 0.373. The second-order valence-electron chi connectivity index (χ2n) is 7.06. The molecule has 2 fully saturated rings. The number of aliphatic carboxylic acids is 1. The lowest BCUT2D eigenvalue weighted by Gasteiger charge is -2.33. The van der Waals surface area contributed by atoms with Crippen LogP contribution < -0.4 is 0 Å². The molecule has 21 heavy (non-hydrogen) atoms. The van der Waals surface area contributed by atoms with Crippen LogP contribution >= 0.6 is 0 Å². The van der Waals surface area contributed by atoms with E-state index < -0.39 is 5.97 Å². The molecule has 3 heteroatoms. The van der Waals surface area contributed by atoms with Gasteiger partial charge in [0.1, 0.15) is 6.04 Å². The molecule has 1 saturated carbocycles. The van der Waals surface area contributed by atoms with Gasteiger partial charge in [-0.15, -0.1) is 0 Å². The summed E-state index contributed by atoms with van der Waals surface area (Å²) in [5, 5.41) is 9.49. The van der Waals surface area contributed by atoms with Crippen molar-refractivity contribution < 1.29 is 9.90 Å². The van der Waals surface area contributed by atoms with Gasteiger partial charge in [0, 0.05) is 6.04 Å². The summed E-state index contributed by atoms with van der Waals surface area (Å²) >= 11 is 0. The highest BCUT2D eigenvalue weighted by atomic mass is 16.4. The molecule has 3 nitrogen and oxygen atoms in total. The highest BCUT2D eigenvalue weighted by Crippen LogP contribution is 2.39. The average Bonchev–Trinajstić information content (AvgIpc) is 2.85. The van der Waals surface area contributed by atoms with Crippen LogP contribution in [0.5, 0.6) is 0 Å². The van der Waals surface area contributed by atoms with Crippen molar-refractivity contribution in [1.82, 2.24) is 4.90 Å². The van der Waals surface area contributed by atoms with Crippen LogP contribution in [0.1, 0.15) is 84.0 Å². The van der Waals surface area contributed by atoms with E-state index in [9.17, 15) is 9.90 Å². The number of hydrogen-bond acceptors (Lipinski definition) is 2. The van der Waals surface area contributed by atoms with Gasteiger partial charge in [0.2, 0.25) is 0 Å². The van der Waals surface area contributed by atoms with Crippen molar-refractivity contribution >= 4 is 5.97 Å². The fourth-order valence-corrected chi connectivity index (χ4v) is 4.37. The number of nitrogens with zero attached hydrogens (tertiary/aromatic N) is 1. The van der Waals surface area contributed by atoms with E-state index in [1.807, 2.05) is 0 Å². The first-order chi connectivity index (χ1) is 10.2. The summed E-state index contributed by atoms with van der Waals surface area (Å²) in [5.41, 5.74) is 0. The molecule has 0 aromatic carbocycles. The van der Waals surface area contributed by atoms with Crippen LogP contribution in [0.2, 0.25) is 0 Å². The molecule has 0 radical (unpaired) electrons. The van der Waals surface area contributed by atoms with Crippen molar-refractivity contribution in [3.63, 3.8) is 0 Å². The van der Waals surface area contributed by atoms with Gasteiger partial charge in [-0.2, -0.15) is 0 Å². The lowest BCUT2D eigenvalue weighted by molar-refractivity contribution is -0.142. The van der Waals surface area contributed by atoms with Crippen molar-refractivity contribution in [1.29, 1.82) is 0 Å². The molecule has 3 atom stereocenters. The molecule has 2 rings (SSSR count). The van der Waals surface area contributed by atoms with Gasteiger partial charge in [0.05, 0.1) is 0 Å². The topological polar surface area (TPSA) is 40.5 Å². The molecular weight excluding hydrogens is 262 g/mol. The van der Waals surface area contributed by atoms with Crippen molar-refractivity contribution in [2.24, 2.45) is 5.92 Å². The van der Waals surface area contributed by atoms with Crippen LogP contribution in [-0.4, -0.2) is 34.6 Å². The van der Waals surface area contributed by atoms with Gasteiger partial charge in [0.15, 0.2) is 0 Å². The molecule has 1 aliphatic heterocycles. The third-order valence-corrected chi connectivity index (χ3v) is 5.53. The first-order valence-corrected chi connectivity index (χ1v) is 9.22. The summed E-state index contributed by atoms with van der Waals surface area (Å²) in [7, 11) is 0. The standard InChI is InChI=1S/C18H33NO2/c1-2-3-4-5-6-7-10-13-19-16-12-9-8-11-15(16)14-17(19)18(20)21/h15-17H,2-14H2,1H3,(H,20,21). The number of carbonyl (C=O) groups is 1. The highest BCUT2D eigenvalue weighted by Gasteiger charge is 2.44. The summed E-state index contributed by atoms with van der Waals surface area (Å²) in [6.07, 6.45) is 15.1. The van der Waals surface area contributed by atoms with E-state index in [0.29, 0.717) is 12.0 Å². The first-order valence-electron chi connectivity index (χ1n) is 9.22. The number of carboxylic acids is 1. The van der Waals surface area contributed by atoms with Crippen LogP contribution in [-0.2, 0) is 4.79 Å². The van der Waals surface area contributed by atoms with Gasteiger partial charge in [-0.3, -0.25) is 9.69 Å². The Hall–Kier alpha value is -0.570. The summed E-state index contributed by atoms with van der Waals surface area (Å²) in [5.74, 6) is 0.0664. The third kappa shape index (κ3) is 4.70. The summed E-state index contributed by atoms with van der Waals surface area (Å²) in [4.78, 5) is 13.9. The minimum Gasteiger partial charge on any atom is -0.480 e. The maximum Gasteiger partial charge on any atom is 0.320 e. The predicted molar refractivity (Wildman–Crippen MR) is 86.5 cm³/mol. The second-order valence-corrected chi connectivity index (χ2v) is 7.06. The molecule has 1 saturated heterocycles. The molecule has 1 aliphatic carbocycles. The smallest absolute Gasteiger partial charge is 0.320 e. The molecule has 0 aromatic rings. The van der Waals surface area contributed by atoms with E-state index in [0.717, 1.165) is 13.0 Å². The molecule has 0 amide bonds. The van der Waals surface area contributed by atoms with E-state index in [1.165, 1.54) is 70.6 Å². The zero-order valence-corrected chi connectivity index (χ0v) is 13.7. The van der Waals surface area contributed by atoms with Crippen molar-refractivity contribution in [3.8, 4) is 0 Å². The lowest BCUT2D eigenvalue weighted by Crippen LogP contribution is -2.42. The number of fused-ring (bicyclic) bond motifs is 1. The second kappa shape index (κ2) is 8.77. The quantitative estimate of drug-likeness (QED) is 0.639. The third-order valence-electron chi connectivity index (χ3n) is 5.53. The van der Waals surface area contributed by atoms with Gasteiger partial charge < -0.3 is 5.11 Å². The Kier molecular flexibility index (Phi) is 7.01. The summed E-state index contributed by atoms with van der Waals surface area (Å²) < 4.78 is 0. The predicted octanol–water partition coefficient (Wildman–Crippen LogP) is 4.45. The van der Waals surface area contributed by atoms with E-state index in [4.69, 9.17) is 0 Å². The van der Waals surface area contributed by atoms with Crippen molar-refractivity contribution in [2.45, 2.75) is 96.1 Å². The minimum absolute atomic E-state index is 0.196. The summed E-state index contributed by atoms with van der Waals surface area (Å²) in [6.45, 7) is 3.26. The highest BCUT2D eigenvalue weighted by molar-refractivity contribution is 5.74. The monoisotopic (exact) mass is 295 g/mol. The van der Waals surface area contributed by atoms with Crippen LogP contribution in [0.3, 0.4) is 0 Å². The first kappa shape index (κ1) is 16.8. The molecule has 0 aromatic heterocycles. The van der Waals surface area contributed by atoms with E-state index >= 15 is 0 Å². The van der Waals surface area contributed by atoms with Crippen molar-refractivity contribution in [3.05, 3.63) is 0 Å². The Morgan fingerprint density at radius 1 is 1.05 bits per heavy atom. The fraction of sp³-hybridized carbons (Fsp3) is 0.944. The Labute approximate surface area is 130 Å². The van der Waals surface area contributed by atoms with E-state index in [-0.39, 0.29) is 6.04 Å². The molecule has 3 unspecified atom stereocenters. The molecule has 2 aliphatic rings. The number of carboxylic acid groups (broad SMARTS) is 1. The van der Waals surface area contributed by atoms with Crippen LogP contribution in [0.15, 0.2) is 0 Å². The van der Waals surface area contributed by atoms with Gasteiger partial charge in [-0.05, 0) is 38.1 Å². The lowest BCUT2D eigenvalue weighted by atomic mass is 9.85. The Bertz CT molecular complexity index is 318. The molecule has 1 heterocycles. The Morgan fingerprint density at radius 2 is 1.71 bits per heavy atom. The normalized spacial score (nSPS) is 29.5. The maximum atomic E-state index is 11.5. The minimum atomic E-state index is -0.590. The Balaban J connectivity index is 1.72. The van der Waals surface area contributed by atoms with E-state index in [2.05, 4.69) is 11.8 Å². The fourth-order valence-electron chi connectivity index (χ4n) is 4.37. The Morgan fingerprint density at radius 3 is 2.43 bits per heavy atom. The van der Waals surface area contributed by atoms with Crippen LogP contribution in [0.25, 0.3) is 0 Å². The van der Waals surface area contributed by atoms with E-state index in [1.54, 1.807) is 0 Å². The maximum absolute atomic E-state index is 11.5. The van der Waals surface area contributed by atoms with Gasteiger partial charge in [-0.25, -0.2) is 0 Å². The zero-order chi connectivity index (χ0) is 15.1. The largest absolute Gasteiger partial charge is 0.480 e. The molecule has 0 bridgehead atoms. The van der Waals surface area contributed by atoms with Crippen LogP contribution in [0.4, 0.5) is 0 Å². The zero-order valence-electron chi connectivity index (χ0n) is 13.7. The van der Waals surface area contributed by atoms with Crippen LogP contribution in [0, 0.1) is 5.92 Å². The molecule has 1 N–H and O–H groups in total. The number of unbranched alkanes of at least 4 members (excludes halogenated alkanes) is 6. The SMILES string of the molecule is CCCCCCCCCN1C(C(=O)O)CC2CCCCC21. The molecule has 122 valence electrons. The van der Waals surface area contributed by atoms with Gasteiger partial charge in [-0.1, -0.05) is 58.3 Å². The molecule has 0 spiro atoms. The molecular formula is C18H33NO2. The average molecular weight is 295 g/mol. The number of hydrogen-bond donors (Lipinski definition) is 1. The number of likely N-dealkylation sites (tertiary alicyclic amines) is 1. The van der Waals surface area contributed by atoms with Gasteiger partial charge >= 0.3 is 5.97 Å². The van der Waals surface area contributed by atoms with Crippen molar-refractivity contribution in [2.75, 3.05) is 6.54 Å². The number of rotatable bonds is 9.